The lowest BCUT2D eigenvalue weighted by Crippen LogP contribution is -2.51. The molecule has 0 aromatic rings. The molecule has 1 heterocycles. The first kappa shape index (κ1) is 22.1. The van der Waals surface area contributed by atoms with Gasteiger partial charge in [-0.1, -0.05) is 13.8 Å². The van der Waals surface area contributed by atoms with Gasteiger partial charge in [0.25, 0.3) is 0 Å². The van der Waals surface area contributed by atoms with Crippen LogP contribution in [0.4, 0.5) is 0 Å². The highest BCUT2D eigenvalue weighted by Crippen LogP contribution is 2.29. The molecule has 2 amide bonds. The van der Waals surface area contributed by atoms with E-state index in [4.69, 9.17) is 10.5 Å². The molecule has 0 atom stereocenters. The number of halogens is 1. The maximum Gasteiger partial charge on any atom is 0.230 e. The largest absolute Gasteiger partial charge is 0.378 e. The monoisotopic (exact) mass is 349 g/mol. The summed E-state index contributed by atoms with van der Waals surface area (Å²) in [5.74, 6) is 0.176. The fourth-order valence-electron chi connectivity index (χ4n) is 2.93. The predicted molar refractivity (Wildman–Crippen MR) is 93.6 cm³/mol. The number of carbonyl (C=O) groups is 2. The van der Waals surface area contributed by atoms with Gasteiger partial charge in [-0.25, -0.2) is 0 Å². The summed E-state index contributed by atoms with van der Waals surface area (Å²) in [6.45, 7) is 6.33. The molecule has 0 radical (unpaired) electrons. The summed E-state index contributed by atoms with van der Waals surface area (Å²) in [6.07, 6.45) is 3.74. The number of hydrogen-bond acceptors (Lipinski definition) is 4. The molecular formula is C16H32ClN3O3. The molecule has 7 heteroatoms. The third-order valence-electron chi connectivity index (χ3n) is 4.89. The lowest BCUT2D eigenvalue weighted by Gasteiger charge is -2.39. The highest BCUT2D eigenvalue weighted by molar-refractivity contribution is 5.85. The van der Waals surface area contributed by atoms with Crippen LogP contribution in [0.1, 0.15) is 46.0 Å². The molecule has 0 spiro atoms. The number of piperidine rings is 1. The normalized spacial score (nSPS) is 15.9. The fraction of sp³-hybridized carbons (Fsp3) is 0.875. The van der Waals surface area contributed by atoms with E-state index < -0.39 is 5.41 Å². The van der Waals surface area contributed by atoms with Crippen molar-refractivity contribution in [3.05, 3.63) is 0 Å². The van der Waals surface area contributed by atoms with Crippen LogP contribution in [-0.4, -0.2) is 56.1 Å². The first-order valence-electron chi connectivity index (χ1n) is 8.34. The minimum atomic E-state index is -0.410. The van der Waals surface area contributed by atoms with Crippen LogP contribution in [0.2, 0.25) is 0 Å². The van der Waals surface area contributed by atoms with Gasteiger partial charge in [-0.3, -0.25) is 9.59 Å². The first-order valence-corrected chi connectivity index (χ1v) is 8.34. The van der Waals surface area contributed by atoms with Gasteiger partial charge in [0.2, 0.25) is 11.8 Å². The molecule has 0 saturated carbocycles. The molecule has 1 fully saturated rings. The summed E-state index contributed by atoms with van der Waals surface area (Å²) in [7, 11) is 1.62. The standard InChI is InChI=1S/C16H31N3O3.ClH/c1-4-16(5-2,12-17)15(21)19-9-6-13(7-10-19)22-11-8-14(20)18-3;/h13H,4-12,17H2,1-3H3,(H,18,20);1H. The van der Waals surface area contributed by atoms with Crippen molar-refractivity contribution in [2.45, 2.75) is 52.1 Å². The van der Waals surface area contributed by atoms with Gasteiger partial charge in [-0.05, 0) is 25.7 Å². The number of likely N-dealkylation sites (tertiary alicyclic amines) is 1. The Balaban J connectivity index is 0.00000484. The van der Waals surface area contributed by atoms with E-state index in [1.807, 2.05) is 18.7 Å². The van der Waals surface area contributed by atoms with E-state index in [1.54, 1.807) is 7.05 Å². The number of ether oxygens (including phenoxy) is 1. The molecular weight excluding hydrogens is 318 g/mol. The van der Waals surface area contributed by atoms with Crippen LogP contribution < -0.4 is 11.1 Å². The van der Waals surface area contributed by atoms with Crippen LogP contribution in [0.15, 0.2) is 0 Å². The molecule has 1 aliphatic heterocycles. The van der Waals surface area contributed by atoms with Crippen molar-refractivity contribution in [2.24, 2.45) is 11.1 Å². The van der Waals surface area contributed by atoms with Crippen LogP contribution >= 0.6 is 12.4 Å². The van der Waals surface area contributed by atoms with Gasteiger partial charge in [-0.15, -0.1) is 12.4 Å². The van der Waals surface area contributed by atoms with Crippen LogP contribution in [-0.2, 0) is 14.3 Å². The molecule has 3 N–H and O–H groups in total. The summed E-state index contributed by atoms with van der Waals surface area (Å²) in [4.78, 5) is 25.8. The molecule has 0 aromatic carbocycles. The number of nitrogens with two attached hydrogens (primary N) is 1. The van der Waals surface area contributed by atoms with Crippen LogP contribution in [0.3, 0.4) is 0 Å². The molecule has 0 unspecified atom stereocenters. The van der Waals surface area contributed by atoms with Crippen LogP contribution in [0.25, 0.3) is 0 Å². The van der Waals surface area contributed by atoms with Gasteiger partial charge in [0.1, 0.15) is 0 Å². The van der Waals surface area contributed by atoms with E-state index in [0.717, 1.165) is 25.7 Å². The zero-order valence-electron chi connectivity index (χ0n) is 14.6. The minimum Gasteiger partial charge on any atom is -0.378 e. The Morgan fingerprint density at radius 2 is 1.83 bits per heavy atom. The zero-order chi connectivity index (χ0) is 16.6. The molecule has 1 aliphatic rings. The van der Waals surface area contributed by atoms with Crippen LogP contribution in [0.5, 0.6) is 0 Å². The maximum absolute atomic E-state index is 12.7. The van der Waals surface area contributed by atoms with E-state index >= 15 is 0 Å². The van der Waals surface area contributed by atoms with Crippen molar-refractivity contribution in [3.63, 3.8) is 0 Å². The Morgan fingerprint density at radius 3 is 2.26 bits per heavy atom. The van der Waals surface area contributed by atoms with Gasteiger partial charge >= 0.3 is 0 Å². The summed E-state index contributed by atoms with van der Waals surface area (Å²) in [5.41, 5.74) is 5.45. The second-order valence-corrected chi connectivity index (χ2v) is 5.98. The van der Waals surface area contributed by atoms with Gasteiger partial charge in [0.15, 0.2) is 0 Å². The van der Waals surface area contributed by atoms with Crippen LogP contribution in [0, 0.1) is 5.41 Å². The number of rotatable bonds is 8. The second-order valence-electron chi connectivity index (χ2n) is 5.98. The Morgan fingerprint density at radius 1 is 1.26 bits per heavy atom. The minimum absolute atomic E-state index is 0. The zero-order valence-corrected chi connectivity index (χ0v) is 15.4. The molecule has 23 heavy (non-hydrogen) atoms. The lowest BCUT2D eigenvalue weighted by molar-refractivity contribution is -0.144. The summed E-state index contributed by atoms with van der Waals surface area (Å²) < 4.78 is 5.72. The van der Waals surface area contributed by atoms with Crippen molar-refractivity contribution in [1.82, 2.24) is 10.2 Å². The molecule has 6 nitrogen and oxygen atoms in total. The average Bonchev–Trinajstić information content (AvgIpc) is 2.57. The number of hydrogen-bond donors (Lipinski definition) is 2. The van der Waals surface area contributed by atoms with E-state index in [2.05, 4.69) is 5.32 Å². The lowest BCUT2D eigenvalue weighted by atomic mass is 9.80. The van der Waals surface area contributed by atoms with Crippen molar-refractivity contribution in [3.8, 4) is 0 Å². The third kappa shape index (κ3) is 5.94. The van der Waals surface area contributed by atoms with Crippen molar-refractivity contribution >= 4 is 24.2 Å². The molecule has 1 saturated heterocycles. The molecule has 0 aromatic heterocycles. The third-order valence-corrected chi connectivity index (χ3v) is 4.89. The number of amides is 2. The summed E-state index contributed by atoms with van der Waals surface area (Å²) >= 11 is 0. The van der Waals surface area contributed by atoms with Crippen molar-refractivity contribution in [2.75, 3.05) is 33.3 Å². The Kier molecular flexibility index (Phi) is 10.4. The molecule has 0 bridgehead atoms. The number of carbonyl (C=O) groups excluding carboxylic acids is 2. The SMILES string of the molecule is CCC(CC)(CN)C(=O)N1CCC(OCCC(=O)NC)CC1.Cl. The molecule has 136 valence electrons. The van der Waals surface area contributed by atoms with Gasteiger partial charge in [-0.2, -0.15) is 0 Å². The Bertz CT molecular complexity index is 359. The summed E-state index contributed by atoms with van der Waals surface area (Å²) in [6, 6.07) is 0. The average molecular weight is 350 g/mol. The molecule has 1 rings (SSSR count). The van der Waals surface area contributed by atoms with Gasteiger partial charge < -0.3 is 20.7 Å². The fourth-order valence-corrected chi connectivity index (χ4v) is 2.93. The smallest absolute Gasteiger partial charge is 0.230 e. The Hall–Kier alpha value is -0.850. The Labute approximate surface area is 145 Å². The quantitative estimate of drug-likeness (QED) is 0.692. The van der Waals surface area contributed by atoms with E-state index in [9.17, 15) is 9.59 Å². The van der Waals surface area contributed by atoms with Gasteiger partial charge in [0.05, 0.1) is 18.1 Å². The first-order chi connectivity index (χ1) is 10.5. The molecule has 0 aliphatic carbocycles. The maximum atomic E-state index is 12.7. The van der Waals surface area contributed by atoms with E-state index in [-0.39, 0.29) is 30.3 Å². The number of nitrogens with zero attached hydrogens (tertiary/aromatic N) is 1. The van der Waals surface area contributed by atoms with Crippen molar-refractivity contribution < 1.29 is 14.3 Å². The highest BCUT2D eigenvalue weighted by atomic mass is 35.5. The highest BCUT2D eigenvalue weighted by Gasteiger charge is 2.38. The van der Waals surface area contributed by atoms with Gasteiger partial charge in [0, 0.05) is 33.1 Å². The summed E-state index contributed by atoms with van der Waals surface area (Å²) in [5, 5.41) is 2.58. The van der Waals surface area contributed by atoms with Crippen molar-refractivity contribution in [1.29, 1.82) is 0 Å². The van der Waals surface area contributed by atoms with E-state index in [0.29, 0.717) is 32.7 Å². The van der Waals surface area contributed by atoms with E-state index in [1.165, 1.54) is 0 Å². The predicted octanol–water partition coefficient (Wildman–Crippen LogP) is 1.32. The second kappa shape index (κ2) is 10.8. The topological polar surface area (TPSA) is 84.7 Å². The number of nitrogens with one attached hydrogen (secondary N) is 1.